The van der Waals surface area contributed by atoms with Crippen LogP contribution in [0.15, 0.2) is 0 Å². The van der Waals surface area contributed by atoms with Crippen molar-refractivity contribution in [1.82, 2.24) is 0 Å². The van der Waals surface area contributed by atoms with Crippen LogP contribution in [0.2, 0.25) is 0 Å². The molecule has 0 saturated heterocycles. The molecule has 1 unspecified atom stereocenters. The fourth-order valence-corrected chi connectivity index (χ4v) is 1.90. The van der Waals surface area contributed by atoms with Gasteiger partial charge in [-0.15, -0.1) is 0 Å². The minimum Gasteiger partial charge on any atom is -0.252 e. The van der Waals surface area contributed by atoms with E-state index in [1.165, 1.54) is 44.9 Å². The van der Waals surface area contributed by atoms with Crippen molar-refractivity contribution in [3.05, 3.63) is 0 Å². The Morgan fingerprint density at radius 3 is 1.93 bits per heavy atom. The second-order valence-electron chi connectivity index (χ2n) is 4.43. The van der Waals surface area contributed by atoms with Crippen molar-refractivity contribution in [3.8, 4) is 0 Å². The number of unbranched alkanes of at least 4 members (excludes halogenated alkanes) is 6. The van der Waals surface area contributed by atoms with E-state index in [9.17, 15) is 0 Å². The quantitative estimate of drug-likeness (QED) is 0.306. The summed E-state index contributed by atoms with van der Waals surface area (Å²) in [5.74, 6) is 0. The third kappa shape index (κ3) is 10.2. The largest absolute Gasteiger partial charge is 0.252 e. The summed E-state index contributed by atoms with van der Waals surface area (Å²) in [5, 5.41) is 8.63. The van der Waals surface area contributed by atoms with Gasteiger partial charge in [-0.25, -0.2) is 4.89 Å². The highest BCUT2D eigenvalue weighted by Crippen LogP contribution is 2.13. The second kappa shape index (κ2) is 12.0. The van der Waals surface area contributed by atoms with E-state index < -0.39 is 0 Å². The number of hydrogen-bond donors (Lipinski definition) is 1. The van der Waals surface area contributed by atoms with Gasteiger partial charge in [0.15, 0.2) is 0 Å². The molecule has 0 spiro atoms. The Hall–Kier alpha value is -0.0800. The van der Waals surface area contributed by atoms with Crippen LogP contribution in [-0.4, -0.2) is 11.4 Å². The van der Waals surface area contributed by atoms with Gasteiger partial charge in [0.1, 0.15) is 0 Å². The van der Waals surface area contributed by atoms with Gasteiger partial charge in [-0.3, -0.25) is 5.26 Å². The predicted molar refractivity (Wildman–Crippen MR) is 65.0 cm³/mol. The van der Waals surface area contributed by atoms with Gasteiger partial charge < -0.3 is 0 Å². The first kappa shape index (κ1) is 14.9. The van der Waals surface area contributed by atoms with Gasteiger partial charge in [0.05, 0.1) is 6.10 Å². The van der Waals surface area contributed by atoms with Crippen LogP contribution in [0, 0.1) is 0 Å². The number of rotatable bonds is 11. The van der Waals surface area contributed by atoms with Crippen LogP contribution >= 0.6 is 0 Å². The van der Waals surface area contributed by atoms with E-state index >= 15 is 0 Å². The lowest BCUT2D eigenvalue weighted by Gasteiger charge is -2.11. The predicted octanol–water partition coefficient (Wildman–Crippen LogP) is 4.79. The smallest absolute Gasteiger partial charge is 0.0927 e. The Morgan fingerprint density at radius 2 is 1.40 bits per heavy atom. The summed E-state index contributed by atoms with van der Waals surface area (Å²) >= 11 is 0. The normalized spacial score (nSPS) is 13.0. The van der Waals surface area contributed by atoms with Crippen molar-refractivity contribution < 1.29 is 10.1 Å². The molecule has 2 heteroatoms. The van der Waals surface area contributed by atoms with Gasteiger partial charge in [0, 0.05) is 0 Å². The van der Waals surface area contributed by atoms with Gasteiger partial charge in [0.25, 0.3) is 0 Å². The Morgan fingerprint density at radius 1 is 0.800 bits per heavy atom. The monoisotopic (exact) mass is 216 g/mol. The van der Waals surface area contributed by atoms with Crippen LogP contribution in [-0.2, 0) is 4.89 Å². The lowest BCUT2D eigenvalue weighted by atomic mass is 10.0. The van der Waals surface area contributed by atoms with E-state index in [0.717, 1.165) is 19.3 Å². The second-order valence-corrected chi connectivity index (χ2v) is 4.43. The van der Waals surface area contributed by atoms with E-state index in [1.54, 1.807) is 0 Å². The van der Waals surface area contributed by atoms with Gasteiger partial charge in [-0.05, 0) is 12.8 Å². The minimum atomic E-state index is 0.0747. The summed E-state index contributed by atoms with van der Waals surface area (Å²) in [6.45, 7) is 4.37. The first-order valence-corrected chi connectivity index (χ1v) is 6.65. The minimum absolute atomic E-state index is 0.0747. The SMILES string of the molecule is CCCCCCCCCC(CCC)OO. The summed E-state index contributed by atoms with van der Waals surface area (Å²) in [7, 11) is 0. The molecule has 0 aliphatic carbocycles. The molecular formula is C13H28O2. The summed E-state index contributed by atoms with van der Waals surface area (Å²) in [5.41, 5.74) is 0. The maximum atomic E-state index is 8.63. The molecule has 0 aliphatic rings. The molecular weight excluding hydrogens is 188 g/mol. The first-order chi connectivity index (χ1) is 7.35. The average Bonchev–Trinajstić information content (AvgIpc) is 2.26. The Labute approximate surface area is 95.0 Å². The van der Waals surface area contributed by atoms with Crippen LogP contribution in [0.5, 0.6) is 0 Å². The molecule has 92 valence electrons. The molecule has 0 amide bonds. The first-order valence-electron chi connectivity index (χ1n) is 6.65. The van der Waals surface area contributed by atoms with Crippen molar-refractivity contribution >= 4 is 0 Å². The Balaban J connectivity index is 3.14. The summed E-state index contributed by atoms with van der Waals surface area (Å²) in [6, 6.07) is 0. The zero-order valence-corrected chi connectivity index (χ0v) is 10.5. The molecule has 2 nitrogen and oxygen atoms in total. The molecule has 0 heterocycles. The van der Waals surface area contributed by atoms with Crippen molar-refractivity contribution in [2.75, 3.05) is 0 Å². The van der Waals surface area contributed by atoms with Gasteiger partial charge in [-0.1, -0.05) is 65.2 Å². The molecule has 0 aromatic rings. The zero-order chi connectivity index (χ0) is 11.4. The highest BCUT2D eigenvalue weighted by Gasteiger charge is 2.06. The van der Waals surface area contributed by atoms with Crippen LogP contribution in [0.25, 0.3) is 0 Å². The fourth-order valence-electron chi connectivity index (χ4n) is 1.90. The summed E-state index contributed by atoms with van der Waals surface area (Å²) in [6.07, 6.45) is 12.4. The van der Waals surface area contributed by atoms with E-state index in [4.69, 9.17) is 5.26 Å². The summed E-state index contributed by atoms with van der Waals surface area (Å²) < 4.78 is 0. The maximum absolute atomic E-state index is 8.63. The molecule has 1 atom stereocenters. The van der Waals surface area contributed by atoms with Gasteiger partial charge >= 0.3 is 0 Å². The lowest BCUT2D eigenvalue weighted by Crippen LogP contribution is -2.09. The summed E-state index contributed by atoms with van der Waals surface area (Å²) in [4.78, 5) is 4.44. The molecule has 1 N–H and O–H groups in total. The van der Waals surface area contributed by atoms with Crippen molar-refractivity contribution in [2.45, 2.75) is 84.2 Å². The van der Waals surface area contributed by atoms with E-state index in [1.807, 2.05) is 0 Å². The van der Waals surface area contributed by atoms with E-state index in [0.29, 0.717) is 0 Å². The highest BCUT2D eigenvalue weighted by molar-refractivity contribution is 4.56. The lowest BCUT2D eigenvalue weighted by molar-refractivity contribution is -0.281. The van der Waals surface area contributed by atoms with E-state index in [-0.39, 0.29) is 6.10 Å². The van der Waals surface area contributed by atoms with Crippen molar-refractivity contribution in [1.29, 1.82) is 0 Å². The number of hydrogen-bond acceptors (Lipinski definition) is 2. The molecule has 0 bridgehead atoms. The molecule has 0 aromatic carbocycles. The van der Waals surface area contributed by atoms with Crippen LogP contribution in [0.3, 0.4) is 0 Å². The van der Waals surface area contributed by atoms with Crippen molar-refractivity contribution in [2.24, 2.45) is 0 Å². The van der Waals surface area contributed by atoms with Crippen LogP contribution in [0.4, 0.5) is 0 Å². The van der Waals surface area contributed by atoms with Gasteiger partial charge in [-0.2, -0.15) is 0 Å². The van der Waals surface area contributed by atoms with Crippen LogP contribution in [0.1, 0.15) is 78.1 Å². The topological polar surface area (TPSA) is 29.5 Å². The molecule has 0 saturated carbocycles. The van der Waals surface area contributed by atoms with E-state index in [2.05, 4.69) is 18.7 Å². The van der Waals surface area contributed by atoms with Crippen LogP contribution < -0.4 is 0 Å². The Kier molecular flexibility index (Phi) is 11.9. The molecule has 0 radical (unpaired) electrons. The van der Waals surface area contributed by atoms with Gasteiger partial charge in [0.2, 0.25) is 0 Å². The average molecular weight is 216 g/mol. The molecule has 0 fully saturated rings. The van der Waals surface area contributed by atoms with Crippen molar-refractivity contribution in [3.63, 3.8) is 0 Å². The maximum Gasteiger partial charge on any atom is 0.0927 e. The molecule has 0 aromatic heterocycles. The fraction of sp³-hybridized carbons (Fsp3) is 1.00. The highest BCUT2D eigenvalue weighted by atomic mass is 17.1. The molecule has 15 heavy (non-hydrogen) atoms. The zero-order valence-electron chi connectivity index (χ0n) is 10.5. The third-order valence-corrected chi connectivity index (χ3v) is 2.89. The molecule has 0 rings (SSSR count). The standard InChI is InChI=1S/C13H28O2/c1-3-5-6-7-8-9-10-12-13(15-14)11-4-2/h13-14H,3-12H2,1-2H3. The Bertz CT molecular complexity index is 115. The third-order valence-electron chi connectivity index (χ3n) is 2.89. The molecule has 0 aliphatic heterocycles.